The maximum absolute atomic E-state index is 15.1. The summed E-state index contributed by atoms with van der Waals surface area (Å²) in [6.45, 7) is 0. The smallest absolute Gasteiger partial charge is 0.264 e. The van der Waals surface area contributed by atoms with Crippen LogP contribution < -0.4 is 0 Å². The first-order valence-corrected chi connectivity index (χ1v) is 17.1. The molecule has 0 spiro atoms. The van der Waals surface area contributed by atoms with Crippen molar-refractivity contribution in [3.63, 3.8) is 0 Å². The van der Waals surface area contributed by atoms with E-state index in [2.05, 4.69) is 9.97 Å². The van der Waals surface area contributed by atoms with Crippen LogP contribution >= 0.6 is 0 Å². The summed E-state index contributed by atoms with van der Waals surface area (Å²) in [5.74, 6) is 0. The van der Waals surface area contributed by atoms with Crippen LogP contribution in [0.4, 0.5) is 52.7 Å². The van der Waals surface area contributed by atoms with Crippen LogP contribution in [0.3, 0.4) is 0 Å². The molecule has 294 valence electrons. The van der Waals surface area contributed by atoms with Crippen molar-refractivity contribution in [3.8, 4) is 66.8 Å². The van der Waals surface area contributed by atoms with Crippen molar-refractivity contribution in [3.05, 3.63) is 168 Å². The normalized spacial score (nSPS) is 12.5. The summed E-state index contributed by atoms with van der Waals surface area (Å²) in [6.07, 6.45) is -16.7. The third kappa shape index (κ3) is 7.91. The van der Waals surface area contributed by atoms with Crippen molar-refractivity contribution in [1.82, 2.24) is 9.97 Å². The first-order valence-electron chi connectivity index (χ1n) is 17.1. The van der Waals surface area contributed by atoms with Crippen LogP contribution in [-0.4, -0.2) is 9.97 Å². The summed E-state index contributed by atoms with van der Waals surface area (Å²) in [5.41, 5.74) is -10.5. The predicted molar refractivity (Wildman–Crippen MR) is 195 cm³/mol. The maximum Gasteiger partial charge on any atom is 0.417 e. The van der Waals surface area contributed by atoms with Gasteiger partial charge in [0.05, 0.1) is 22.3 Å². The number of hydrogen-bond acceptors (Lipinski definition) is 2. The van der Waals surface area contributed by atoms with Crippen LogP contribution in [0.1, 0.15) is 22.3 Å². The molecule has 2 heterocycles. The molecule has 7 aromatic rings. The Labute approximate surface area is 322 Å². The Morgan fingerprint density at radius 1 is 0.276 bits per heavy atom. The summed E-state index contributed by atoms with van der Waals surface area (Å²) >= 11 is 0. The van der Waals surface area contributed by atoms with Gasteiger partial charge in [0.2, 0.25) is 0 Å². The van der Waals surface area contributed by atoms with E-state index in [9.17, 15) is 26.3 Å². The Kier molecular flexibility index (Phi) is 10.2. The van der Waals surface area contributed by atoms with Crippen molar-refractivity contribution in [2.24, 2.45) is 0 Å². The van der Waals surface area contributed by atoms with E-state index in [1.165, 1.54) is 85.2 Å². The molecule has 0 atom stereocenters. The standard InChI is InChI=1S/C44H24F12N2/c45-41(46,47)37-21-39(43(51,52)53)35(19-31(37)27-13-7-15-57-23-27)33-18-30(26-11-5-2-6-12-26)34(17-29(33)25-9-3-1-4-10-25)36-20-32(28-14-8-16-58-24-28)38(42(48,49)50)22-40(36)44(54,55)56/h1-24H. The predicted octanol–water partition coefficient (Wildman–Crippen LogP) is 14.6. The summed E-state index contributed by atoms with van der Waals surface area (Å²) in [4.78, 5) is 7.69. The summed E-state index contributed by atoms with van der Waals surface area (Å²) < 4.78 is 178. The highest BCUT2D eigenvalue weighted by atomic mass is 19.4. The van der Waals surface area contributed by atoms with E-state index in [0.717, 1.165) is 36.7 Å². The molecular formula is C44H24F12N2. The molecule has 2 aromatic heterocycles. The topological polar surface area (TPSA) is 25.8 Å². The van der Waals surface area contributed by atoms with Gasteiger partial charge in [0, 0.05) is 35.9 Å². The second kappa shape index (κ2) is 14.8. The van der Waals surface area contributed by atoms with E-state index in [1.807, 2.05) is 0 Å². The highest BCUT2D eigenvalue weighted by Gasteiger charge is 2.43. The SMILES string of the molecule is FC(F)(F)c1cc(C(F)(F)F)c(-c2cc(-c3ccccc3)c(-c3cc(-c4cccnc4)c(C(F)(F)F)cc3C(F)(F)F)cc2-c2ccccc2)cc1-c1cccnc1. The largest absolute Gasteiger partial charge is 0.417 e. The third-order valence-corrected chi connectivity index (χ3v) is 9.39. The lowest BCUT2D eigenvalue weighted by Crippen LogP contribution is -2.15. The van der Waals surface area contributed by atoms with Gasteiger partial charge in [-0.1, -0.05) is 72.8 Å². The molecule has 58 heavy (non-hydrogen) atoms. The zero-order chi connectivity index (χ0) is 41.6. The minimum absolute atomic E-state index is 0.0136. The van der Waals surface area contributed by atoms with Crippen molar-refractivity contribution in [1.29, 1.82) is 0 Å². The van der Waals surface area contributed by atoms with Crippen LogP contribution in [-0.2, 0) is 24.7 Å². The third-order valence-electron chi connectivity index (χ3n) is 9.39. The minimum Gasteiger partial charge on any atom is -0.264 e. The number of benzene rings is 5. The van der Waals surface area contributed by atoms with Gasteiger partial charge >= 0.3 is 24.7 Å². The van der Waals surface area contributed by atoms with Gasteiger partial charge in [-0.25, -0.2) is 0 Å². The zero-order valence-electron chi connectivity index (χ0n) is 29.3. The van der Waals surface area contributed by atoms with Gasteiger partial charge in [0.15, 0.2) is 0 Å². The van der Waals surface area contributed by atoms with Gasteiger partial charge in [-0.3, -0.25) is 9.97 Å². The van der Waals surface area contributed by atoms with Crippen LogP contribution in [0.2, 0.25) is 0 Å². The molecule has 0 aliphatic carbocycles. The van der Waals surface area contributed by atoms with Gasteiger partial charge in [-0.15, -0.1) is 0 Å². The highest BCUT2D eigenvalue weighted by molar-refractivity contribution is 5.98. The Hall–Kier alpha value is -6.44. The number of pyridine rings is 2. The van der Waals surface area contributed by atoms with Crippen LogP contribution in [0.5, 0.6) is 0 Å². The number of nitrogens with zero attached hydrogens (tertiary/aromatic N) is 2. The molecule has 0 unspecified atom stereocenters. The highest BCUT2D eigenvalue weighted by Crippen LogP contribution is 2.52. The Balaban J connectivity index is 1.68. The van der Waals surface area contributed by atoms with Gasteiger partial charge < -0.3 is 0 Å². The first kappa shape index (κ1) is 39.8. The number of hydrogen-bond donors (Lipinski definition) is 0. The second-order valence-corrected chi connectivity index (χ2v) is 13.0. The molecule has 0 amide bonds. The van der Waals surface area contributed by atoms with E-state index in [0.29, 0.717) is 0 Å². The molecule has 0 saturated heterocycles. The molecule has 0 aliphatic rings. The first-order chi connectivity index (χ1) is 27.3. The second-order valence-electron chi connectivity index (χ2n) is 13.0. The van der Waals surface area contributed by atoms with Gasteiger partial charge in [0.25, 0.3) is 0 Å². The fraction of sp³-hybridized carbons (Fsp3) is 0.0909. The Morgan fingerprint density at radius 2 is 0.569 bits per heavy atom. The van der Waals surface area contributed by atoms with Gasteiger partial charge in [0.1, 0.15) is 0 Å². The minimum atomic E-state index is -5.39. The number of rotatable bonds is 6. The van der Waals surface area contributed by atoms with Gasteiger partial charge in [-0.2, -0.15) is 52.7 Å². The summed E-state index contributed by atoms with van der Waals surface area (Å²) in [7, 11) is 0. The van der Waals surface area contributed by atoms with Crippen molar-refractivity contribution < 1.29 is 52.7 Å². The molecular weight excluding hydrogens is 784 g/mol. The number of aromatic nitrogens is 2. The van der Waals surface area contributed by atoms with E-state index < -0.39 is 69.2 Å². The van der Waals surface area contributed by atoms with Crippen molar-refractivity contribution >= 4 is 0 Å². The fourth-order valence-corrected chi connectivity index (χ4v) is 6.86. The molecule has 0 saturated carbocycles. The fourth-order valence-electron chi connectivity index (χ4n) is 6.86. The van der Waals surface area contributed by atoms with Crippen LogP contribution in [0, 0.1) is 0 Å². The Bertz CT molecular complexity index is 2400. The van der Waals surface area contributed by atoms with E-state index >= 15 is 26.3 Å². The van der Waals surface area contributed by atoms with E-state index in [-0.39, 0.29) is 56.6 Å². The molecule has 0 bridgehead atoms. The van der Waals surface area contributed by atoms with Crippen LogP contribution in [0.15, 0.2) is 146 Å². The molecule has 14 heteroatoms. The zero-order valence-corrected chi connectivity index (χ0v) is 29.3. The summed E-state index contributed by atoms with van der Waals surface area (Å²) in [5, 5.41) is 0. The average Bonchev–Trinajstić information content (AvgIpc) is 3.19. The van der Waals surface area contributed by atoms with E-state index in [4.69, 9.17) is 0 Å². The average molecular weight is 809 g/mol. The van der Waals surface area contributed by atoms with E-state index in [1.54, 1.807) is 12.1 Å². The van der Waals surface area contributed by atoms with Gasteiger partial charge in [-0.05, 0) is 104 Å². The molecule has 2 nitrogen and oxygen atoms in total. The number of halogens is 12. The monoisotopic (exact) mass is 808 g/mol. The molecule has 0 fully saturated rings. The quantitative estimate of drug-likeness (QED) is 0.156. The molecule has 0 aliphatic heterocycles. The lowest BCUT2D eigenvalue weighted by Gasteiger charge is -2.25. The number of alkyl halides is 12. The van der Waals surface area contributed by atoms with Crippen LogP contribution in [0.25, 0.3) is 66.8 Å². The Morgan fingerprint density at radius 3 is 0.862 bits per heavy atom. The molecule has 0 N–H and O–H groups in total. The molecule has 0 radical (unpaired) electrons. The lowest BCUT2D eigenvalue weighted by atomic mass is 9.81. The summed E-state index contributed by atoms with van der Waals surface area (Å²) in [6, 6.07) is 23.5. The van der Waals surface area contributed by atoms with Crippen molar-refractivity contribution in [2.45, 2.75) is 24.7 Å². The lowest BCUT2D eigenvalue weighted by molar-refractivity contribution is -0.144. The van der Waals surface area contributed by atoms with Crippen molar-refractivity contribution in [2.75, 3.05) is 0 Å². The molecule has 5 aromatic carbocycles. The molecule has 7 rings (SSSR count). The maximum atomic E-state index is 15.1.